The Morgan fingerprint density at radius 2 is 1.91 bits per heavy atom. The summed E-state index contributed by atoms with van der Waals surface area (Å²) in [7, 11) is 0. The molecule has 6 heteroatoms. The summed E-state index contributed by atoms with van der Waals surface area (Å²) in [6.45, 7) is 5.63. The standard InChI is InChI=1S/C27H34O6/c1-16(28)4-5-22(30)19-15-17-14-18(29)6-10-25(17,2)20-7-11-26(3)21(24(19)20)8-12-27(26,33)13-9-23(31)32/h4-5,7,14,19,21,24,33H,6,8-13,15H2,1-3H3,(H,31,32)/b5-4-/t19-,21-,24+,25-,26-,27+/m0/s1. The summed E-state index contributed by atoms with van der Waals surface area (Å²) in [5.41, 5.74) is 0.288. The van der Waals surface area contributed by atoms with Crippen molar-refractivity contribution in [3.8, 4) is 0 Å². The molecule has 0 bridgehead atoms. The van der Waals surface area contributed by atoms with Crippen molar-refractivity contribution in [3.05, 3.63) is 35.5 Å². The Morgan fingerprint density at radius 1 is 1.18 bits per heavy atom. The highest BCUT2D eigenvalue weighted by molar-refractivity contribution is 5.99. The van der Waals surface area contributed by atoms with Gasteiger partial charge in [-0.2, -0.15) is 0 Å². The molecule has 2 fully saturated rings. The maximum atomic E-state index is 13.4. The van der Waals surface area contributed by atoms with Crippen molar-refractivity contribution in [2.24, 2.45) is 28.6 Å². The quantitative estimate of drug-likeness (QED) is 0.464. The van der Waals surface area contributed by atoms with Crippen LogP contribution < -0.4 is 0 Å². The fraction of sp³-hybridized carbons (Fsp3) is 0.630. The lowest BCUT2D eigenvalue weighted by Crippen LogP contribution is -2.53. The predicted octanol–water partition coefficient (Wildman–Crippen LogP) is 3.97. The van der Waals surface area contributed by atoms with Crippen LogP contribution in [-0.2, 0) is 19.2 Å². The normalized spacial score (nSPS) is 39.9. The first-order valence-electron chi connectivity index (χ1n) is 12.0. The van der Waals surface area contributed by atoms with Crippen molar-refractivity contribution in [1.82, 2.24) is 0 Å². The lowest BCUT2D eigenvalue weighted by Gasteiger charge is -2.57. The summed E-state index contributed by atoms with van der Waals surface area (Å²) in [6.07, 6.45) is 10.2. The van der Waals surface area contributed by atoms with Crippen LogP contribution in [0.4, 0.5) is 0 Å². The van der Waals surface area contributed by atoms with Gasteiger partial charge in [-0.3, -0.25) is 19.2 Å². The molecular formula is C27H34O6. The van der Waals surface area contributed by atoms with E-state index in [2.05, 4.69) is 13.0 Å². The zero-order chi connectivity index (χ0) is 24.2. The summed E-state index contributed by atoms with van der Waals surface area (Å²) in [6, 6.07) is 0. The summed E-state index contributed by atoms with van der Waals surface area (Å²) in [4.78, 5) is 48.3. The third kappa shape index (κ3) is 3.76. The van der Waals surface area contributed by atoms with E-state index in [9.17, 15) is 29.4 Å². The van der Waals surface area contributed by atoms with Gasteiger partial charge in [0, 0.05) is 29.6 Å². The molecule has 0 aromatic heterocycles. The van der Waals surface area contributed by atoms with Gasteiger partial charge >= 0.3 is 5.97 Å². The molecule has 2 N–H and O–H groups in total. The Kier molecular flexibility index (Phi) is 5.88. The molecule has 0 aromatic rings. The van der Waals surface area contributed by atoms with Gasteiger partial charge in [0.2, 0.25) is 0 Å². The van der Waals surface area contributed by atoms with Crippen LogP contribution in [0, 0.1) is 28.6 Å². The fourth-order valence-corrected chi connectivity index (χ4v) is 7.29. The van der Waals surface area contributed by atoms with E-state index >= 15 is 0 Å². The van der Waals surface area contributed by atoms with E-state index < -0.39 is 22.9 Å². The number of carbonyl (C=O) groups is 4. The van der Waals surface area contributed by atoms with Crippen LogP contribution in [-0.4, -0.2) is 39.1 Å². The molecule has 33 heavy (non-hydrogen) atoms. The third-order valence-corrected chi connectivity index (χ3v) is 9.32. The molecule has 0 amide bonds. The van der Waals surface area contributed by atoms with Gasteiger partial charge in [0.25, 0.3) is 0 Å². The zero-order valence-electron chi connectivity index (χ0n) is 19.7. The van der Waals surface area contributed by atoms with Crippen molar-refractivity contribution in [2.75, 3.05) is 0 Å². The van der Waals surface area contributed by atoms with E-state index in [0.29, 0.717) is 25.7 Å². The Hall–Kier alpha value is -2.34. The second-order valence-corrected chi connectivity index (χ2v) is 11.0. The van der Waals surface area contributed by atoms with E-state index in [1.165, 1.54) is 24.6 Å². The van der Waals surface area contributed by atoms with Crippen LogP contribution in [0.2, 0.25) is 0 Å². The summed E-state index contributed by atoms with van der Waals surface area (Å²) >= 11 is 0. The maximum Gasteiger partial charge on any atom is 0.303 e. The van der Waals surface area contributed by atoms with E-state index in [4.69, 9.17) is 0 Å². The number of aliphatic carboxylic acids is 1. The molecule has 0 heterocycles. The smallest absolute Gasteiger partial charge is 0.303 e. The molecule has 4 rings (SSSR count). The number of carboxylic acids is 1. The number of fused-ring (bicyclic) bond motifs is 5. The molecule has 0 unspecified atom stereocenters. The molecule has 0 spiro atoms. The van der Waals surface area contributed by atoms with Gasteiger partial charge in [-0.25, -0.2) is 0 Å². The average Bonchev–Trinajstić information content (AvgIpc) is 3.02. The Bertz CT molecular complexity index is 1000. The summed E-state index contributed by atoms with van der Waals surface area (Å²) in [5, 5.41) is 20.8. The van der Waals surface area contributed by atoms with Crippen molar-refractivity contribution >= 4 is 23.3 Å². The highest BCUT2D eigenvalue weighted by Gasteiger charge is 2.63. The first-order valence-corrected chi connectivity index (χ1v) is 12.0. The molecule has 6 nitrogen and oxygen atoms in total. The number of hydrogen-bond acceptors (Lipinski definition) is 5. The van der Waals surface area contributed by atoms with Crippen molar-refractivity contribution < 1.29 is 29.4 Å². The van der Waals surface area contributed by atoms with Crippen LogP contribution in [0.3, 0.4) is 0 Å². The highest BCUT2D eigenvalue weighted by Crippen LogP contribution is 2.67. The van der Waals surface area contributed by atoms with E-state index in [0.717, 1.165) is 18.4 Å². The van der Waals surface area contributed by atoms with Crippen LogP contribution >= 0.6 is 0 Å². The van der Waals surface area contributed by atoms with Crippen molar-refractivity contribution in [3.63, 3.8) is 0 Å². The highest BCUT2D eigenvalue weighted by atomic mass is 16.4. The SMILES string of the molecule is CC(=O)/C=C\C(=O)[C@@H]1CC2=CC(=O)CC[C@]2(C)C2=CC[C@@]3(C)[C@@H](CC[C@@]3(O)CCC(=O)O)[C@@H]21. The number of carbonyl (C=O) groups excluding carboxylic acids is 3. The second-order valence-electron chi connectivity index (χ2n) is 11.0. The number of carboxylic acid groups (broad SMARTS) is 1. The van der Waals surface area contributed by atoms with E-state index in [1.807, 2.05) is 6.92 Å². The van der Waals surface area contributed by atoms with Crippen LogP contribution in [0.25, 0.3) is 0 Å². The molecular weight excluding hydrogens is 420 g/mol. The van der Waals surface area contributed by atoms with Crippen LogP contribution in [0.15, 0.2) is 35.5 Å². The molecule has 0 aromatic carbocycles. The van der Waals surface area contributed by atoms with Gasteiger partial charge in [0.05, 0.1) is 5.60 Å². The Balaban J connectivity index is 1.79. The van der Waals surface area contributed by atoms with Crippen LogP contribution in [0.1, 0.15) is 72.1 Å². The van der Waals surface area contributed by atoms with E-state index in [-0.39, 0.29) is 47.4 Å². The zero-order valence-corrected chi connectivity index (χ0v) is 19.7. The third-order valence-electron chi connectivity index (χ3n) is 9.32. The van der Waals surface area contributed by atoms with Gasteiger partial charge in [0.15, 0.2) is 17.3 Å². The lowest BCUT2D eigenvalue weighted by atomic mass is 9.47. The lowest BCUT2D eigenvalue weighted by molar-refractivity contribution is -0.141. The van der Waals surface area contributed by atoms with E-state index in [1.54, 1.807) is 6.08 Å². The maximum absolute atomic E-state index is 13.4. The number of ketones is 3. The predicted molar refractivity (Wildman–Crippen MR) is 122 cm³/mol. The Morgan fingerprint density at radius 3 is 2.58 bits per heavy atom. The minimum Gasteiger partial charge on any atom is -0.481 e. The molecule has 178 valence electrons. The summed E-state index contributed by atoms with van der Waals surface area (Å²) in [5.74, 6) is -1.59. The molecule has 4 aliphatic carbocycles. The molecule has 6 atom stereocenters. The van der Waals surface area contributed by atoms with Crippen molar-refractivity contribution in [2.45, 2.75) is 77.7 Å². The molecule has 4 aliphatic rings. The second kappa shape index (κ2) is 8.15. The molecule has 0 saturated heterocycles. The molecule has 2 saturated carbocycles. The summed E-state index contributed by atoms with van der Waals surface area (Å²) < 4.78 is 0. The minimum atomic E-state index is -1.10. The Labute approximate surface area is 194 Å². The average molecular weight is 455 g/mol. The number of rotatable bonds is 6. The van der Waals surface area contributed by atoms with Crippen molar-refractivity contribution in [1.29, 1.82) is 0 Å². The largest absolute Gasteiger partial charge is 0.481 e. The first kappa shape index (κ1) is 23.8. The molecule has 0 radical (unpaired) electrons. The van der Waals surface area contributed by atoms with Gasteiger partial charge in [0.1, 0.15) is 0 Å². The van der Waals surface area contributed by atoms with Gasteiger partial charge in [-0.05, 0) is 75.5 Å². The van der Waals surface area contributed by atoms with Crippen LogP contribution in [0.5, 0.6) is 0 Å². The first-order chi connectivity index (χ1) is 15.4. The fourth-order valence-electron chi connectivity index (χ4n) is 7.29. The minimum absolute atomic E-state index is 0.0342. The molecule has 0 aliphatic heterocycles. The number of aliphatic hydroxyl groups is 1. The van der Waals surface area contributed by atoms with Gasteiger partial charge < -0.3 is 10.2 Å². The number of hydrogen-bond donors (Lipinski definition) is 2. The van der Waals surface area contributed by atoms with Gasteiger partial charge in [-0.15, -0.1) is 0 Å². The monoisotopic (exact) mass is 454 g/mol. The number of allylic oxidation sites excluding steroid dienone is 6. The topological polar surface area (TPSA) is 109 Å². The van der Waals surface area contributed by atoms with Gasteiger partial charge in [-0.1, -0.05) is 31.1 Å².